The molecule has 0 radical (unpaired) electrons. The minimum Gasteiger partial charge on any atom is -0.122 e. The van der Waals surface area contributed by atoms with Crippen LogP contribution in [0.5, 0.6) is 0 Å². The third-order valence-corrected chi connectivity index (χ3v) is 3.80. The Morgan fingerprint density at radius 2 is 1.47 bits per heavy atom. The fourth-order valence-corrected chi connectivity index (χ4v) is 2.86. The second-order valence-corrected chi connectivity index (χ2v) is 6.66. The Bertz CT molecular complexity index is 369. The molecule has 0 spiro atoms. The second kappa shape index (κ2) is 6.80. The molecule has 0 saturated carbocycles. The van der Waals surface area contributed by atoms with E-state index in [0.29, 0.717) is 17.7 Å². The highest BCUT2D eigenvalue weighted by molar-refractivity contribution is 9.10. The number of hydrogen-bond donors (Lipinski definition) is 0. The first-order valence-corrected chi connectivity index (χ1v) is 7.63. The van der Waals surface area contributed by atoms with Crippen molar-refractivity contribution in [3.05, 3.63) is 33.3 Å². The molecule has 0 nitrogen and oxygen atoms in total. The average Bonchev–Trinajstić information content (AvgIpc) is 2.20. The number of benzene rings is 1. The van der Waals surface area contributed by atoms with Crippen molar-refractivity contribution in [2.24, 2.45) is 11.8 Å². The van der Waals surface area contributed by atoms with Crippen molar-refractivity contribution in [2.45, 2.75) is 46.4 Å². The number of rotatable bonds is 5. The fourth-order valence-electron chi connectivity index (χ4n) is 2.06. The molecule has 17 heavy (non-hydrogen) atoms. The zero-order chi connectivity index (χ0) is 13.0. The van der Waals surface area contributed by atoms with Gasteiger partial charge < -0.3 is 0 Å². The maximum Gasteiger partial charge on any atom is 0.0476 e. The second-order valence-electron chi connectivity index (χ2n) is 5.54. The molecule has 0 saturated heterocycles. The molecule has 0 N–H and O–H groups in total. The molecular formula is C15H22BrCl. The maximum absolute atomic E-state index is 6.06. The molecule has 0 fully saturated rings. The third kappa shape index (κ3) is 4.63. The van der Waals surface area contributed by atoms with Gasteiger partial charge in [-0.1, -0.05) is 49.7 Å². The van der Waals surface area contributed by atoms with Crippen molar-refractivity contribution in [3.63, 3.8) is 0 Å². The van der Waals surface area contributed by atoms with Crippen molar-refractivity contribution in [1.29, 1.82) is 0 Å². The van der Waals surface area contributed by atoms with Crippen LogP contribution in [0.3, 0.4) is 0 Å². The number of hydrogen-bond acceptors (Lipinski definition) is 0. The van der Waals surface area contributed by atoms with Gasteiger partial charge in [-0.15, -0.1) is 11.6 Å². The normalized spacial score (nSPS) is 11.5. The topological polar surface area (TPSA) is 0 Å². The van der Waals surface area contributed by atoms with E-state index in [9.17, 15) is 0 Å². The molecule has 0 aromatic heterocycles. The van der Waals surface area contributed by atoms with E-state index < -0.39 is 0 Å². The van der Waals surface area contributed by atoms with Crippen molar-refractivity contribution in [3.8, 4) is 0 Å². The molecule has 0 unspecified atom stereocenters. The molecule has 0 aliphatic rings. The lowest BCUT2D eigenvalue weighted by Crippen LogP contribution is -2.02. The Labute approximate surface area is 119 Å². The predicted octanol–water partition coefficient (Wildman–Crippen LogP) is 5.58. The molecule has 1 aromatic carbocycles. The standard InChI is InChI=1S/C15H22BrCl/c1-10(2)5-12-8-15(16)13(6-11(3)4)7-14(12)9-17/h7-8,10-11H,5-6,9H2,1-4H3. The summed E-state index contributed by atoms with van der Waals surface area (Å²) < 4.78 is 1.23. The van der Waals surface area contributed by atoms with Crippen LogP contribution in [0.25, 0.3) is 0 Å². The van der Waals surface area contributed by atoms with E-state index in [2.05, 4.69) is 55.8 Å². The van der Waals surface area contributed by atoms with Gasteiger partial charge in [0.05, 0.1) is 0 Å². The first kappa shape index (κ1) is 15.0. The molecule has 1 aromatic rings. The molecular weight excluding hydrogens is 296 g/mol. The zero-order valence-corrected chi connectivity index (χ0v) is 13.5. The van der Waals surface area contributed by atoms with Crippen LogP contribution in [0, 0.1) is 11.8 Å². The highest BCUT2D eigenvalue weighted by atomic mass is 79.9. The van der Waals surface area contributed by atoms with Crippen molar-refractivity contribution >= 4 is 27.5 Å². The van der Waals surface area contributed by atoms with Gasteiger partial charge >= 0.3 is 0 Å². The van der Waals surface area contributed by atoms with Crippen LogP contribution in [0.1, 0.15) is 44.4 Å². The highest BCUT2D eigenvalue weighted by Crippen LogP contribution is 2.27. The molecule has 1 rings (SSSR count). The van der Waals surface area contributed by atoms with Gasteiger partial charge in [0.25, 0.3) is 0 Å². The molecule has 0 bridgehead atoms. The third-order valence-electron chi connectivity index (χ3n) is 2.77. The Balaban J connectivity index is 3.06. The molecule has 0 aliphatic heterocycles. The average molecular weight is 318 g/mol. The lowest BCUT2D eigenvalue weighted by molar-refractivity contribution is 0.636. The molecule has 0 aliphatic carbocycles. The van der Waals surface area contributed by atoms with Gasteiger partial charge in [-0.2, -0.15) is 0 Å². The van der Waals surface area contributed by atoms with Gasteiger partial charge in [0.2, 0.25) is 0 Å². The summed E-state index contributed by atoms with van der Waals surface area (Å²) in [6.45, 7) is 8.98. The quantitative estimate of drug-likeness (QED) is 0.621. The van der Waals surface area contributed by atoms with E-state index in [4.69, 9.17) is 11.6 Å². The summed E-state index contributed by atoms with van der Waals surface area (Å²) in [7, 11) is 0. The maximum atomic E-state index is 6.06. The van der Waals surface area contributed by atoms with Crippen LogP contribution < -0.4 is 0 Å². The van der Waals surface area contributed by atoms with Crippen LogP contribution in [0.4, 0.5) is 0 Å². The van der Waals surface area contributed by atoms with E-state index >= 15 is 0 Å². The van der Waals surface area contributed by atoms with Crippen LogP contribution in [-0.4, -0.2) is 0 Å². The monoisotopic (exact) mass is 316 g/mol. The highest BCUT2D eigenvalue weighted by Gasteiger charge is 2.10. The van der Waals surface area contributed by atoms with Crippen LogP contribution in [-0.2, 0) is 18.7 Å². The summed E-state index contributed by atoms with van der Waals surface area (Å²) in [4.78, 5) is 0. The van der Waals surface area contributed by atoms with Crippen molar-refractivity contribution in [2.75, 3.05) is 0 Å². The van der Waals surface area contributed by atoms with Gasteiger partial charge in [0.1, 0.15) is 0 Å². The van der Waals surface area contributed by atoms with Gasteiger partial charge in [-0.25, -0.2) is 0 Å². The van der Waals surface area contributed by atoms with E-state index in [1.54, 1.807) is 0 Å². The molecule has 96 valence electrons. The minimum absolute atomic E-state index is 0.612. The lowest BCUT2D eigenvalue weighted by atomic mass is 9.94. The Morgan fingerprint density at radius 1 is 0.941 bits per heavy atom. The van der Waals surface area contributed by atoms with Gasteiger partial charge in [-0.05, 0) is 47.4 Å². The Hall–Kier alpha value is -0.0100. The van der Waals surface area contributed by atoms with E-state index in [0.717, 1.165) is 12.8 Å². The predicted molar refractivity (Wildman–Crippen MR) is 80.8 cm³/mol. The van der Waals surface area contributed by atoms with Crippen molar-refractivity contribution < 1.29 is 0 Å². The summed E-state index contributed by atoms with van der Waals surface area (Å²) in [6, 6.07) is 4.53. The van der Waals surface area contributed by atoms with Crippen molar-refractivity contribution in [1.82, 2.24) is 0 Å². The summed E-state index contributed by atoms with van der Waals surface area (Å²) in [5.74, 6) is 1.95. The van der Waals surface area contributed by atoms with E-state index in [1.807, 2.05) is 0 Å². The minimum atomic E-state index is 0.612. The molecule has 0 amide bonds. The van der Waals surface area contributed by atoms with Gasteiger partial charge in [-0.3, -0.25) is 0 Å². The first-order valence-electron chi connectivity index (χ1n) is 6.30. The van der Waals surface area contributed by atoms with E-state index in [-0.39, 0.29) is 0 Å². The lowest BCUT2D eigenvalue weighted by Gasteiger charge is -2.15. The van der Waals surface area contributed by atoms with E-state index in [1.165, 1.54) is 21.2 Å². The Kier molecular flexibility index (Phi) is 6.02. The summed E-state index contributed by atoms with van der Waals surface area (Å²) in [5, 5.41) is 0. The molecule has 0 atom stereocenters. The summed E-state index contributed by atoms with van der Waals surface area (Å²) in [6.07, 6.45) is 2.20. The number of alkyl halides is 1. The SMILES string of the molecule is CC(C)Cc1cc(CCl)c(CC(C)C)cc1Br. The van der Waals surface area contributed by atoms with Gasteiger partial charge in [0, 0.05) is 10.4 Å². The van der Waals surface area contributed by atoms with Crippen LogP contribution >= 0.6 is 27.5 Å². The first-order chi connectivity index (χ1) is 7.93. The largest absolute Gasteiger partial charge is 0.122 e. The fraction of sp³-hybridized carbons (Fsp3) is 0.600. The summed E-state index contributed by atoms with van der Waals surface area (Å²) >= 11 is 9.75. The Morgan fingerprint density at radius 3 is 1.94 bits per heavy atom. The summed E-state index contributed by atoms with van der Waals surface area (Å²) in [5.41, 5.74) is 4.05. The van der Waals surface area contributed by atoms with Crippen LogP contribution in [0.2, 0.25) is 0 Å². The van der Waals surface area contributed by atoms with Gasteiger partial charge in [0.15, 0.2) is 0 Å². The smallest absolute Gasteiger partial charge is 0.0476 e. The number of halogens is 2. The van der Waals surface area contributed by atoms with Crippen LogP contribution in [0.15, 0.2) is 16.6 Å². The molecule has 2 heteroatoms. The molecule has 0 heterocycles. The zero-order valence-electron chi connectivity index (χ0n) is 11.2.